The van der Waals surface area contributed by atoms with E-state index in [1.165, 1.54) is 30.5 Å². The minimum absolute atomic E-state index is 0.214. The average Bonchev–Trinajstić information content (AvgIpc) is 3.11. The molecule has 2 aliphatic rings. The van der Waals surface area contributed by atoms with Crippen LogP contribution in [0.15, 0.2) is 30.5 Å². The van der Waals surface area contributed by atoms with Crippen molar-refractivity contribution in [2.45, 2.75) is 25.4 Å². The molecule has 2 saturated heterocycles. The highest BCUT2D eigenvalue weighted by Crippen LogP contribution is 2.25. The summed E-state index contributed by atoms with van der Waals surface area (Å²) in [6, 6.07) is 7.22. The van der Waals surface area contributed by atoms with E-state index in [-0.39, 0.29) is 5.82 Å². The van der Waals surface area contributed by atoms with Crippen LogP contribution >= 0.6 is 0 Å². The van der Waals surface area contributed by atoms with Crippen molar-refractivity contribution < 1.29 is 9.13 Å². The van der Waals surface area contributed by atoms with Crippen LogP contribution in [0.2, 0.25) is 0 Å². The quantitative estimate of drug-likeness (QED) is 0.926. The van der Waals surface area contributed by atoms with Gasteiger partial charge in [0.15, 0.2) is 0 Å². The zero-order valence-corrected chi connectivity index (χ0v) is 14.5. The lowest BCUT2D eigenvalue weighted by Crippen LogP contribution is -2.51. The van der Waals surface area contributed by atoms with Crippen LogP contribution < -0.4 is 0 Å². The predicted octanol–water partition coefficient (Wildman–Crippen LogP) is 2.51. The van der Waals surface area contributed by atoms with Crippen molar-refractivity contribution in [2.75, 3.05) is 39.4 Å². The molecule has 5 nitrogen and oxygen atoms in total. The predicted molar refractivity (Wildman–Crippen MR) is 94.7 cm³/mol. The highest BCUT2D eigenvalue weighted by atomic mass is 19.1. The molecule has 0 aliphatic carbocycles. The van der Waals surface area contributed by atoms with E-state index in [2.05, 4.69) is 20.0 Å². The molecule has 2 aliphatic heterocycles. The van der Waals surface area contributed by atoms with Gasteiger partial charge in [0.05, 0.1) is 25.1 Å². The van der Waals surface area contributed by atoms with Gasteiger partial charge in [0.25, 0.3) is 0 Å². The molecular weight excluding hydrogens is 319 g/mol. The minimum Gasteiger partial charge on any atom is -0.379 e. The average molecular weight is 344 g/mol. The van der Waals surface area contributed by atoms with Gasteiger partial charge in [-0.3, -0.25) is 14.9 Å². The van der Waals surface area contributed by atoms with Crippen molar-refractivity contribution in [1.29, 1.82) is 0 Å². The summed E-state index contributed by atoms with van der Waals surface area (Å²) in [5, 5.41) is 7.30. The van der Waals surface area contributed by atoms with Gasteiger partial charge in [-0.25, -0.2) is 4.39 Å². The number of likely N-dealkylation sites (tertiary alicyclic amines) is 1. The number of morpholine rings is 1. The van der Waals surface area contributed by atoms with Crippen LogP contribution in [0.1, 0.15) is 18.4 Å². The van der Waals surface area contributed by atoms with Crippen LogP contribution in [-0.2, 0) is 11.3 Å². The number of aromatic nitrogens is 2. The van der Waals surface area contributed by atoms with Crippen molar-refractivity contribution >= 4 is 0 Å². The maximum Gasteiger partial charge on any atom is 0.123 e. The van der Waals surface area contributed by atoms with Crippen molar-refractivity contribution in [3.63, 3.8) is 0 Å². The highest BCUT2D eigenvalue weighted by molar-refractivity contribution is 5.62. The minimum atomic E-state index is -0.214. The number of hydrogen-bond donors (Lipinski definition) is 1. The van der Waals surface area contributed by atoms with Gasteiger partial charge >= 0.3 is 0 Å². The molecule has 1 aromatic carbocycles. The molecule has 6 heteroatoms. The van der Waals surface area contributed by atoms with Crippen LogP contribution in [0.4, 0.5) is 4.39 Å². The third kappa shape index (κ3) is 3.92. The molecule has 4 rings (SSSR count). The fraction of sp³-hybridized carbons (Fsp3) is 0.526. The van der Waals surface area contributed by atoms with Crippen LogP contribution in [0, 0.1) is 5.82 Å². The Bertz CT molecular complexity index is 681. The first-order valence-electron chi connectivity index (χ1n) is 9.12. The van der Waals surface area contributed by atoms with Crippen LogP contribution in [0.3, 0.4) is 0 Å². The van der Waals surface area contributed by atoms with E-state index in [9.17, 15) is 4.39 Å². The summed E-state index contributed by atoms with van der Waals surface area (Å²) in [4.78, 5) is 5.09. The molecule has 3 heterocycles. The topological polar surface area (TPSA) is 44.4 Å². The van der Waals surface area contributed by atoms with Gasteiger partial charge < -0.3 is 4.74 Å². The molecule has 1 atom stereocenters. The number of rotatable bonds is 4. The van der Waals surface area contributed by atoms with Crippen molar-refractivity contribution in [1.82, 2.24) is 20.0 Å². The summed E-state index contributed by atoms with van der Waals surface area (Å²) >= 11 is 0. The Balaban J connectivity index is 1.43. The fourth-order valence-electron chi connectivity index (χ4n) is 3.95. The standard InChI is InChI=1S/C19H25FN4O/c20-17-5-3-15(4-6-17)19-16(12-21-22-19)13-23-7-1-2-18(14-23)24-8-10-25-11-9-24/h3-6,12,18H,1-2,7-11,13-14H2,(H,21,22). The monoisotopic (exact) mass is 344 g/mol. The second kappa shape index (κ2) is 7.64. The molecule has 2 fully saturated rings. The Kier molecular flexibility index (Phi) is 5.10. The van der Waals surface area contributed by atoms with Crippen LogP contribution in [-0.4, -0.2) is 65.4 Å². The van der Waals surface area contributed by atoms with Crippen LogP contribution in [0.25, 0.3) is 11.3 Å². The molecule has 0 saturated carbocycles. The second-order valence-corrected chi connectivity index (χ2v) is 6.96. The summed E-state index contributed by atoms with van der Waals surface area (Å²) in [7, 11) is 0. The smallest absolute Gasteiger partial charge is 0.123 e. The van der Waals surface area contributed by atoms with Crippen molar-refractivity contribution in [2.24, 2.45) is 0 Å². The lowest BCUT2D eigenvalue weighted by Gasteiger charge is -2.40. The van der Waals surface area contributed by atoms with Gasteiger partial charge in [0.2, 0.25) is 0 Å². The lowest BCUT2D eigenvalue weighted by molar-refractivity contribution is -0.00356. The Morgan fingerprint density at radius 1 is 1.16 bits per heavy atom. The maximum absolute atomic E-state index is 13.2. The molecule has 2 aromatic rings. The first-order valence-corrected chi connectivity index (χ1v) is 9.12. The van der Waals surface area contributed by atoms with Crippen molar-refractivity contribution in [3.05, 3.63) is 41.8 Å². The summed E-state index contributed by atoms with van der Waals surface area (Å²) in [6.45, 7) is 6.89. The highest BCUT2D eigenvalue weighted by Gasteiger charge is 2.27. The number of hydrogen-bond acceptors (Lipinski definition) is 4. The number of aromatic amines is 1. The third-order valence-electron chi connectivity index (χ3n) is 5.29. The Morgan fingerprint density at radius 2 is 1.96 bits per heavy atom. The molecular formula is C19H25FN4O. The Morgan fingerprint density at radius 3 is 2.76 bits per heavy atom. The molecule has 134 valence electrons. The molecule has 1 aromatic heterocycles. The molecule has 0 radical (unpaired) electrons. The van der Waals surface area contributed by atoms with Gasteiger partial charge in [-0.1, -0.05) is 0 Å². The number of halogens is 1. The number of nitrogens with one attached hydrogen (secondary N) is 1. The van der Waals surface area contributed by atoms with Gasteiger partial charge in [-0.05, 0) is 43.7 Å². The number of H-pyrrole nitrogens is 1. The molecule has 0 bridgehead atoms. The largest absolute Gasteiger partial charge is 0.379 e. The molecule has 0 spiro atoms. The molecule has 25 heavy (non-hydrogen) atoms. The van der Waals surface area contributed by atoms with Gasteiger partial charge in [0.1, 0.15) is 5.82 Å². The van der Waals surface area contributed by atoms with E-state index in [0.29, 0.717) is 6.04 Å². The number of piperidine rings is 1. The number of ether oxygens (including phenoxy) is 1. The fourth-order valence-corrected chi connectivity index (χ4v) is 3.95. The lowest BCUT2D eigenvalue weighted by atomic mass is 10.0. The van der Waals surface area contributed by atoms with E-state index in [4.69, 9.17) is 4.74 Å². The second-order valence-electron chi connectivity index (χ2n) is 6.96. The van der Waals surface area contributed by atoms with E-state index in [1.54, 1.807) is 12.1 Å². The van der Waals surface area contributed by atoms with E-state index in [1.807, 2.05) is 6.20 Å². The van der Waals surface area contributed by atoms with E-state index < -0.39 is 0 Å². The normalized spacial score (nSPS) is 23.0. The number of nitrogens with zero attached hydrogens (tertiary/aromatic N) is 3. The first kappa shape index (κ1) is 16.7. The van der Waals surface area contributed by atoms with Gasteiger partial charge in [0, 0.05) is 43.3 Å². The summed E-state index contributed by atoms with van der Waals surface area (Å²) in [6.07, 6.45) is 4.40. The summed E-state index contributed by atoms with van der Waals surface area (Å²) < 4.78 is 18.7. The van der Waals surface area contributed by atoms with Crippen LogP contribution in [0.5, 0.6) is 0 Å². The Hall–Kier alpha value is -1.76. The molecule has 0 amide bonds. The van der Waals surface area contributed by atoms with Gasteiger partial charge in [-0.2, -0.15) is 5.10 Å². The number of benzene rings is 1. The zero-order chi connectivity index (χ0) is 17.1. The SMILES string of the molecule is Fc1ccc(-c2[nH]ncc2CN2CCCC(N3CCOCC3)C2)cc1. The maximum atomic E-state index is 13.2. The Labute approximate surface area is 147 Å². The van der Waals surface area contributed by atoms with Crippen molar-refractivity contribution in [3.8, 4) is 11.3 Å². The zero-order valence-electron chi connectivity index (χ0n) is 14.5. The third-order valence-corrected chi connectivity index (χ3v) is 5.29. The summed E-state index contributed by atoms with van der Waals surface area (Å²) in [5.41, 5.74) is 3.15. The summed E-state index contributed by atoms with van der Waals surface area (Å²) in [5.74, 6) is -0.214. The first-order chi connectivity index (χ1) is 12.3. The van der Waals surface area contributed by atoms with Gasteiger partial charge in [-0.15, -0.1) is 0 Å². The molecule has 1 unspecified atom stereocenters. The van der Waals surface area contributed by atoms with E-state index in [0.717, 1.165) is 57.2 Å². The van der Waals surface area contributed by atoms with E-state index >= 15 is 0 Å². The molecule has 1 N–H and O–H groups in total.